The lowest BCUT2D eigenvalue weighted by Crippen LogP contribution is -2.36. The molecule has 0 saturated carbocycles. The van der Waals surface area contributed by atoms with E-state index in [1.165, 1.54) is 18.3 Å². The first-order chi connectivity index (χ1) is 12.6. The minimum Gasteiger partial charge on any atom is -0.478 e. The van der Waals surface area contributed by atoms with Crippen LogP contribution in [0.5, 0.6) is 0 Å². The van der Waals surface area contributed by atoms with Gasteiger partial charge in [0, 0.05) is 24.1 Å². The van der Waals surface area contributed by atoms with Gasteiger partial charge in [-0.3, -0.25) is 4.79 Å². The summed E-state index contributed by atoms with van der Waals surface area (Å²) in [5, 5.41) is 21.3. The summed E-state index contributed by atoms with van der Waals surface area (Å²) in [6.45, 7) is 0.559. The predicted octanol–water partition coefficient (Wildman–Crippen LogP) is 3.18. The number of amides is 1. The number of anilines is 2. The maximum absolute atomic E-state index is 12.8. The first kappa shape index (κ1) is 17.2. The van der Waals surface area contributed by atoms with Crippen LogP contribution in [0.15, 0.2) is 60.3 Å². The fraction of sp³-hybridized carbons (Fsp3) is 0.150. The molecule has 0 aromatic heterocycles. The summed E-state index contributed by atoms with van der Waals surface area (Å²) >= 11 is 0. The molecular weight excluding hydrogens is 330 g/mol. The number of benzene rings is 2. The summed E-state index contributed by atoms with van der Waals surface area (Å²) < 4.78 is 0. The molecule has 1 amide bonds. The summed E-state index contributed by atoms with van der Waals surface area (Å²) in [5.74, 6) is -1.42. The second kappa shape index (κ2) is 7.53. The average molecular weight is 347 g/mol. The monoisotopic (exact) mass is 347 g/mol. The van der Waals surface area contributed by atoms with Crippen LogP contribution in [0.4, 0.5) is 11.4 Å². The number of para-hydroxylation sites is 1. The van der Waals surface area contributed by atoms with E-state index in [9.17, 15) is 14.9 Å². The number of hydrogen-bond donors (Lipinski definition) is 2. The van der Waals surface area contributed by atoms with Crippen molar-refractivity contribution in [3.8, 4) is 6.07 Å². The minimum absolute atomic E-state index is 0.0394. The van der Waals surface area contributed by atoms with Crippen molar-refractivity contribution in [2.75, 3.05) is 16.8 Å². The molecule has 1 aliphatic heterocycles. The molecule has 0 saturated heterocycles. The molecule has 2 N–H and O–H groups in total. The molecule has 2 aromatic rings. The van der Waals surface area contributed by atoms with Crippen LogP contribution in [-0.2, 0) is 11.2 Å². The molecule has 0 unspecified atom stereocenters. The first-order valence-corrected chi connectivity index (χ1v) is 8.20. The Labute approximate surface area is 151 Å². The maximum atomic E-state index is 12.8. The highest BCUT2D eigenvalue weighted by Crippen LogP contribution is 2.27. The van der Waals surface area contributed by atoms with Gasteiger partial charge in [-0.1, -0.05) is 24.3 Å². The molecule has 6 heteroatoms. The minimum atomic E-state index is -1.04. The van der Waals surface area contributed by atoms with Gasteiger partial charge in [-0.15, -0.1) is 0 Å². The quantitative estimate of drug-likeness (QED) is 0.654. The Bertz CT molecular complexity index is 928. The molecule has 0 bridgehead atoms. The van der Waals surface area contributed by atoms with E-state index in [0.717, 1.165) is 24.1 Å². The molecule has 0 aliphatic carbocycles. The summed E-state index contributed by atoms with van der Waals surface area (Å²) in [7, 11) is 0. The average Bonchev–Trinajstić information content (AvgIpc) is 2.68. The highest BCUT2D eigenvalue weighted by Gasteiger charge is 2.24. The number of carboxylic acids is 1. The van der Waals surface area contributed by atoms with E-state index in [1.54, 1.807) is 17.0 Å². The third-order valence-corrected chi connectivity index (χ3v) is 4.20. The van der Waals surface area contributed by atoms with Crippen LogP contribution < -0.4 is 10.2 Å². The van der Waals surface area contributed by atoms with E-state index >= 15 is 0 Å². The van der Waals surface area contributed by atoms with Crippen LogP contribution in [0.1, 0.15) is 22.3 Å². The van der Waals surface area contributed by atoms with Crippen molar-refractivity contribution in [1.29, 1.82) is 5.26 Å². The van der Waals surface area contributed by atoms with Gasteiger partial charge >= 0.3 is 5.97 Å². The summed E-state index contributed by atoms with van der Waals surface area (Å²) in [6, 6.07) is 15.8. The number of nitrogens with one attached hydrogen (secondary N) is 1. The van der Waals surface area contributed by atoms with Crippen LogP contribution in [-0.4, -0.2) is 23.5 Å². The fourth-order valence-corrected chi connectivity index (χ4v) is 2.93. The number of nitriles is 1. The van der Waals surface area contributed by atoms with Crippen LogP contribution in [0.3, 0.4) is 0 Å². The lowest BCUT2D eigenvalue weighted by molar-refractivity contribution is -0.114. The lowest BCUT2D eigenvalue weighted by Gasteiger charge is -2.29. The van der Waals surface area contributed by atoms with E-state index in [1.807, 2.05) is 30.3 Å². The van der Waals surface area contributed by atoms with Crippen molar-refractivity contribution < 1.29 is 14.7 Å². The Morgan fingerprint density at radius 1 is 1.19 bits per heavy atom. The van der Waals surface area contributed by atoms with E-state index in [4.69, 9.17) is 5.11 Å². The van der Waals surface area contributed by atoms with Crippen molar-refractivity contribution in [3.05, 3.63) is 71.4 Å². The summed E-state index contributed by atoms with van der Waals surface area (Å²) in [4.78, 5) is 25.4. The molecule has 2 aromatic carbocycles. The zero-order chi connectivity index (χ0) is 18.5. The third kappa shape index (κ3) is 3.57. The van der Waals surface area contributed by atoms with Gasteiger partial charge in [-0.2, -0.15) is 5.26 Å². The molecule has 0 atom stereocenters. The molecule has 6 nitrogen and oxygen atoms in total. The normalized spacial score (nSPS) is 13.5. The highest BCUT2D eigenvalue weighted by molar-refractivity contribution is 6.09. The Morgan fingerprint density at radius 3 is 2.77 bits per heavy atom. The van der Waals surface area contributed by atoms with Gasteiger partial charge in [0.05, 0.1) is 5.56 Å². The van der Waals surface area contributed by atoms with Gasteiger partial charge in [0.15, 0.2) is 0 Å². The second-order valence-electron chi connectivity index (χ2n) is 5.89. The Morgan fingerprint density at radius 2 is 2.00 bits per heavy atom. The van der Waals surface area contributed by atoms with E-state index in [0.29, 0.717) is 12.2 Å². The molecule has 0 radical (unpaired) electrons. The van der Waals surface area contributed by atoms with Crippen molar-refractivity contribution in [2.24, 2.45) is 0 Å². The lowest BCUT2D eigenvalue weighted by atomic mass is 10.0. The van der Waals surface area contributed by atoms with E-state index in [2.05, 4.69) is 5.32 Å². The Kier molecular flexibility index (Phi) is 4.99. The van der Waals surface area contributed by atoms with E-state index in [-0.39, 0.29) is 17.0 Å². The van der Waals surface area contributed by atoms with Crippen LogP contribution >= 0.6 is 0 Å². The number of carbonyl (C=O) groups excluding carboxylic acids is 1. The number of rotatable bonds is 4. The number of aryl methyl sites for hydroxylation is 1. The van der Waals surface area contributed by atoms with Gasteiger partial charge in [0.1, 0.15) is 11.6 Å². The zero-order valence-electron chi connectivity index (χ0n) is 14.0. The van der Waals surface area contributed by atoms with Crippen molar-refractivity contribution in [3.63, 3.8) is 0 Å². The van der Waals surface area contributed by atoms with Crippen LogP contribution in [0.2, 0.25) is 0 Å². The maximum Gasteiger partial charge on any atom is 0.335 e. The molecule has 1 heterocycles. The molecule has 1 aliphatic rings. The van der Waals surface area contributed by atoms with Gasteiger partial charge in [0.25, 0.3) is 5.91 Å². The highest BCUT2D eigenvalue weighted by atomic mass is 16.4. The Hall–Kier alpha value is -3.59. The predicted molar refractivity (Wildman–Crippen MR) is 97.8 cm³/mol. The topological polar surface area (TPSA) is 93.4 Å². The summed E-state index contributed by atoms with van der Waals surface area (Å²) in [6.07, 6.45) is 3.07. The second-order valence-corrected chi connectivity index (χ2v) is 5.89. The largest absolute Gasteiger partial charge is 0.478 e. The molecule has 0 fully saturated rings. The molecule has 3 rings (SSSR count). The van der Waals surface area contributed by atoms with Crippen molar-refractivity contribution >= 4 is 23.3 Å². The SMILES string of the molecule is N#C/C(=C/Nc1cccc(C(=O)O)c1)C(=O)N1CCCc2ccccc21. The van der Waals surface area contributed by atoms with Gasteiger partial charge in [-0.05, 0) is 42.7 Å². The van der Waals surface area contributed by atoms with Crippen molar-refractivity contribution in [1.82, 2.24) is 0 Å². The first-order valence-electron chi connectivity index (χ1n) is 8.20. The Balaban J connectivity index is 1.82. The van der Waals surface area contributed by atoms with E-state index < -0.39 is 5.97 Å². The zero-order valence-corrected chi connectivity index (χ0v) is 14.0. The number of carboxylic acid groups (broad SMARTS) is 1. The van der Waals surface area contributed by atoms with Gasteiger partial charge in [-0.25, -0.2) is 4.79 Å². The number of fused-ring (bicyclic) bond motifs is 1. The van der Waals surface area contributed by atoms with Gasteiger partial charge < -0.3 is 15.3 Å². The van der Waals surface area contributed by atoms with Crippen molar-refractivity contribution in [2.45, 2.75) is 12.8 Å². The molecule has 130 valence electrons. The fourth-order valence-electron chi connectivity index (χ4n) is 2.93. The number of carbonyl (C=O) groups is 2. The smallest absolute Gasteiger partial charge is 0.335 e. The van der Waals surface area contributed by atoms with Crippen LogP contribution in [0.25, 0.3) is 0 Å². The third-order valence-electron chi connectivity index (χ3n) is 4.20. The number of nitrogens with zero attached hydrogens (tertiary/aromatic N) is 2. The molecule has 26 heavy (non-hydrogen) atoms. The van der Waals surface area contributed by atoms with Gasteiger partial charge in [0.2, 0.25) is 0 Å². The standard InChI is InChI=1S/C20H17N3O3/c21-12-16(13-22-17-8-3-6-15(11-17)20(25)26)19(24)23-10-4-7-14-5-1-2-9-18(14)23/h1-3,5-6,8-9,11,13,22H,4,7,10H2,(H,25,26)/b16-13-. The van der Waals surface area contributed by atoms with Crippen LogP contribution in [0, 0.1) is 11.3 Å². The summed E-state index contributed by atoms with van der Waals surface area (Å²) in [5.41, 5.74) is 2.49. The molecule has 0 spiro atoms. The number of hydrogen-bond acceptors (Lipinski definition) is 4. The number of aromatic carboxylic acids is 1. The molecular formula is C20H17N3O3.